The third-order valence-electron chi connectivity index (χ3n) is 4.08. The highest BCUT2D eigenvalue weighted by Crippen LogP contribution is 2.21. The van der Waals surface area contributed by atoms with Gasteiger partial charge in [0.15, 0.2) is 0 Å². The van der Waals surface area contributed by atoms with Crippen molar-refractivity contribution in [3.63, 3.8) is 0 Å². The molecular formula is C17H29N3O. The van der Waals surface area contributed by atoms with Crippen LogP contribution in [0.1, 0.15) is 44.7 Å². The highest BCUT2D eigenvalue weighted by molar-refractivity contribution is 5.97. The van der Waals surface area contributed by atoms with E-state index in [1.807, 2.05) is 12.1 Å². The van der Waals surface area contributed by atoms with Crippen LogP contribution in [0.2, 0.25) is 0 Å². The zero-order valence-electron chi connectivity index (χ0n) is 13.8. The van der Waals surface area contributed by atoms with Crippen LogP contribution in [0.5, 0.6) is 5.75 Å². The average Bonchev–Trinajstić information content (AvgIpc) is 2.51. The van der Waals surface area contributed by atoms with Gasteiger partial charge in [-0.3, -0.25) is 10.3 Å². The maximum atomic E-state index is 7.66. The lowest BCUT2D eigenvalue weighted by atomic mass is 10.0. The number of methoxy groups -OCH3 is 1. The van der Waals surface area contributed by atoms with Gasteiger partial charge in [-0.2, -0.15) is 0 Å². The highest BCUT2D eigenvalue weighted by Gasteiger charge is 2.12. The molecule has 1 aromatic rings. The second-order valence-electron chi connectivity index (χ2n) is 5.46. The van der Waals surface area contributed by atoms with Crippen LogP contribution in [0.3, 0.4) is 0 Å². The van der Waals surface area contributed by atoms with E-state index in [9.17, 15) is 0 Å². The Morgan fingerprint density at radius 1 is 1.29 bits per heavy atom. The third kappa shape index (κ3) is 5.05. The highest BCUT2D eigenvalue weighted by atomic mass is 16.5. The van der Waals surface area contributed by atoms with E-state index < -0.39 is 0 Å². The minimum absolute atomic E-state index is 0.0525. The number of rotatable bonds is 9. The maximum absolute atomic E-state index is 7.66. The van der Waals surface area contributed by atoms with E-state index >= 15 is 0 Å². The zero-order valence-corrected chi connectivity index (χ0v) is 13.8. The predicted molar refractivity (Wildman–Crippen MR) is 89.0 cm³/mol. The fourth-order valence-corrected chi connectivity index (χ4v) is 2.54. The summed E-state index contributed by atoms with van der Waals surface area (Å²) >= 11 is 0. The number of nitrogens with zero attached hydrogens (tertiary/aromatic N) is 1. The summed E-state index contributed by atoms with van der Waals surface area (Å²) in [5.74, 6) is 1.46. The van der Waals surface area contributed by atoms with Gasteiger partial charge in [0.1, 0.15) is 11.6 Å². The largest absolute Gasteiger partial charge is 0.496 e. The Balaban J connectivity index is 2.85. The molecule has 0 saturated heterocycles. The molecule has 3 N–H and O–H groups in total. The van der Waals surface area contributed by atoms with Crippen LogP contribution in [-0.2, 0) is 6.54 Å². The lowest BCUT2D eigenvalue weighted by Crippen LogP contribution is -2.29. The van der Waals surface area contributed by atoms with Gasteiger partial charge >= 0.3 is 0 Å². The van der Waals surface area contributed by atoms with Gasteiger partial charge in [0.2, 0.25) is 0 Å². The van der Waals surface area contributed by atoms with Crippen molar-refractivity contribution < 1.29 is 4.74 Å². The number of hydrogen-bond acceptors (Lipinski definition) is 3. The summed E-state index contributed by atoms with van der Waals surface area (Å²) in [4.78, 5) is 2.45. The minimum Gasteiger partial charge on any atom is -0.496 e. The van der Waals surface area contributed by atoms with E-state index in [-0.39, 0.29) is 5.84 Å². The van der Waals surface area contributed by atoms with Crippen LogP contribution in [0.25, 0.3) is 0 Å². The topological polar surface area (TPSA) is 62.3 Å². The molecule has 0 radical (unpaired) electrons. The van der Waals surface area contributed by atoms with Crippen molar-refractivity contribution in [2.45, 2.75) is 40.2 Å². The van der Waals surface area contributed by atoms with E-state index in [4.69, 9.17) is 15.9 Å². The minimum atomic E-state index is 0.0525. The Kier molecular flexibility index (Phi) is 7.23. The molecule has 0 aliphatic heterocycles. The monoisotopic (exact) mass is 291 g/mol. The summed E-state index contributed by atoms with van der Waals surface area (Å²) in [6.45, 7) is 9.73. The first-order chi connectivity index (χ1) is 10.0. The SMILES string of the molecule is CCC(CC)CN(CC)Cc1ccc(OC)c(C(=N)N)c1. The molecule has 0 fully saturated rings. The Morgan fingerprint density at radius 3 is 2.43 bits per heavy atom. The van der Waals surface area contributed by atoms with E-state index in [1.54, 1.807) is 7.11 Å². The predicted octanol–water partition coefficient (Wildman–Crippen LogP) is 3.24. The van der Waals surface area contributed by atoms with Crippen LogP contribution < -0.4 is 10.5 Å². The number of nitrogens with two attached hydrogens (primary N) is 1. The van der Waals surface area contributed by atoms with Crippen molar-refractivity contribution in [2.75, 3.05) is 20.2 Å². The van der Waals surface area contributed by atoms with Gasteiger partial charge in [-0.05, 0) is 30.2 Å². The summed E-state index contributed by atoms with van der Waals surface area (Å²) in [6, 6.07) is 5.93. The lowest BCUT2D eigenvalue weighted by molar-refractivity contribution is 0.226. The molecule has 0 amide bonds. The van der Waals surface area contributed by atoms with Crippen LogP contribution >= 0.6 is 0 Å². The van der Waals surface area contributed by atoms with Gasteiger partial charge in [-0.1, -0.05) is 39.7 Å². The molecule has 1 rings (SSSR count). The molecular weight excluding hydrogens is 262 g/mol. The molecule has 0 bridgehead atoms. The zero-order chi connectivity index (χ0) is 15.8. The smallest absolute Gasteiger partial charge is 0.129 e. The summed E-state index contributed by atoms with van der Waals surface area (Å²) in [7, 11) is 1.60. The van der Waals surface area contributed by atoms with Gasteiger partial charge in [0, 0.05) is 13.1 Å². The van der Waals surface area contributed by atoms with Crippen LogP contribution in [0.15, 0.2) is 18.2 Å². The van der Waals surface area contributed by atoms with Gasteiger partial charge in [-0.25, -0.2) is 0 Å². The Hall–Kier alpha value is -1.55. The quantitative estimate of drug-likeness (QED) is 0.542. The molecule has 118 valence electrons. The lowest BCUT2D eigenvalue weighted by Gasteiger charge is -2.25. The summed E-state index contributed by atoms with van der Waals surface area (Å²) < 4.78 is 5.26. The molecule has 0 aliphatic rings. The second kappa shape index (κ2) is 8.67. The first-order valence-corrected chi connectivity index (χ1v) is 7.79. The fraction of sp³-hybridized carbons (Fsp3) is 0.588. The number of amidine groups is 1. The van der Waals surface area contributed by atoms with Crippen LogP contribution in [0, 0.1) is 11.3 Å². The van der Waals surface area contributed by atoms with Crippen molar-refractivity contribution in [2.24, 2.45) is 11.7 Å². The summed E-state index contributed by atoms with van der Waals surface area (Å²) in [5, 5.41) is 7.66. The number of benzene rings is 1. The van der Waals surface area contributed by atoms with Crippen LogP contribution in [0.4, 0.5) is 0 Å². The first-order valence-electron chi connectivity index (χ1n) is 7.79. The normalized spacial score (nSPS) is 11.1. The van der Waals surface area contributed by atoms with Crippen molar-refractivity contribution in [3.8, 4) is 5.75 Å². The van der Waals surface area contributed by atoms with E-state index in [0.717, 1.165) is 25.6 Å². The molecule has 4 nitrogen and oxygen atoms in total. The molecule has 0 saturated carbocycles. The van der Waals surface area contributed by atoms with Crippen molar-refractivity contribution in [1.82, 2.24) is 4.90 Å². The van der Waals surface area contributed by atoms with Crippen molar-refractivity contribution in [3.05, 3.63) is 29.3 Å². The van der Waals surface area contributed by atoms with Gasteiger partial charge in [0.05, 0.1) is 12.7 Å². The number of nitrogen functional groups attached to an aromatic ring is 1. The maximum Gasteiger partial charge on any atom is 0.129 e. The van der Waals surface area contributed by atoms with Gasteiger partial charge in [-0.15, -0.1) is 0 Å². The molecule has 0 aliphatic carbocycles. The summed E-state index contributed by atoms with van der Waals surface area (Å²) in [5.41, 5.74) is 7.49. The molecule has 4 heteroatoms. The Bertz CT molecular complexity index is 455. The van der Waals surface area contributed by atoms with E-state index in [0.29, 0.717) is 11.3 Å². The molecule has 21 heavy (non-hydrogen) atoms. The number of hydrogen-bond donors (Lipinski definition) is 2. The molecule has 0 spiro atoms. The molecule has 0 atom stereocenters. The molecule has 0 heterocycles. The number of nitrogens with one attached hydrogen (secondary N) is 1. The van der Waals surface area contributed by atoms with E-state index in [1.165, 1.54) is 18.4 Å². The van der Waals surface area contributed by atoms with E-state index in [2.05, 4.69) is 31.7 Å². The average molecular weight is 291 g/mol. The summed E-state index contributed by atoms with van der Waals surface area (Å²) in [6.07, 6.45) is 2.43. The first kappa shape index (κ1) is 17.5. The second-order valence-corrected chi connectivity index (χ2v) is 5.46. The standard InChI is InChI=1S/C17H29N3O/c1-5-13(6-2)11-20(7-3)12-14-8-9-16(21-4)15(10-14)17(18)19/h8-10,13H,5-7,11-12H2,1-4H3,(H3,18,19). The van der Waals surface area contributed by atoms with Gasteiger partial charge < -0.3 is 10.5 Å². The molecule has 1 aromatic carbocycles. The van der Waals surface area contributed by atoms with Crippen molar-refractivity contribution >= 4 is 5.84 Å². The Labute approximate surface area is 128 Å². The van der Waals surface area contributed by atoms with Crippen molar-refractivity contribution in [1.29, 1.82) is 5.41 Å². The Morgan fingerprint density at radius 2 is 1.95 bits per heavy atom. The third-order valence-corrected chi connectivity index (χ3v) is 4.08. The molecule has 0 unspecified atom stereocenters. The number of ether oxygens (including phenoxy) is 1. The van der Waals surface area contributed by atoms with Crippen LogP contribution in [-0.4, -0.2) is 30.9 Å². The van der Waals surface area contributed by atoms with Gasteiger partial charge in [0.25, 0.3) is 0 Å². The molecule has 0 aromatic heterocycles. The fourth-order valence-electron chi connectivity index (χ4n) is 2.54.